The number of hydrogen-bond donors (Lipinski definition) is 1. The minimum atomic E-state index is 0.595. The van der Waals surface area contributed by atoms with Crippen LogP contribution in [0.15, 0.2) is 71.8 Å². The molecule has 0 saturated carbocycles. The van der Waals surface area contributed by atoms with Crippen LogP contribution in [0.2, 0.25) is 0 Å². The third-order valence-electron chi connectivity index (χ3n) is 5.76. The normalized spacial score (nSPS) is 11.2. The summed E-state index contributed by atoms with van der Waals surface area (Å²) in [5.41, 5.74) is 10.3. The molecule has 0 fully saturated rings. The molecule has 1 heterocycles. The molecule has 0 saturated heterocycles. The molecule has 0 spiro atoms. The van der Waals surface area contributed by atoms with Crippen LogP contribution < -0.4 is 14.9 Å². The van der Waals surface area contributed by atoms with Gasteiger partial charge < -0.3 is 19.5 Å². The highest BCUT2D eigenvalue weighted by Gasteiger charge is 2.12. The second-order valence-corrected chi connectivity index (χ2v) is 7.87. The Balaban J connectivity index is 1.55. The Kier molecular flexibility index (Phi) is 6.45. The van der Waals surface area contributed by atoms with Crippen molar-refractivity contribution in [1.82, 2.24) is 9.99 Å². The van der Waals surface area contributed by atoms with Gasteiger partial charge in [-0.05, 0) is 43.2 Å². The number of hydrazone groups is 1. The third-order valence-corrected chi connectivity index (χ3v) is 5.76. The molecule has 0 amide bonds. The van der Waals surface area contributed by atoms with Crippen LogP contribution in [0.3, 0.4) is 0 Å². The molecule has 0 radical (unpaired) electrons. The van der Waals surface area contributed by atoms with E-state index in [0.717, 1.165) is 23.4 Å². The van der Waals surface area contributed by atoms with E-state index in [0.29, 0.717) is 12.3 Å². The predicted molar refractivity (Wildman–Crippen MR) is 131 cm³/mol. The van der Waals surface area contributed by atoms with Crippen molar-refractivity contribution in [3.05, 3.63) is 94.7 Å². The van der Waals surface area contributed by atoms with Gasteiger partial charge >= 0.3 is 0 Å². The van der Waals surface area contributed by atoms with Gasteiger partial charge in [0.1, 0.15) is 0 Å². The van der Waals surface area contributed by atoms with Crippen molar-refractivity contribution in [2.75, 3.05) is 14.2 Å². The van der Waals surface area contributed by atoms with E-state index in [1.165, 1.54) is 27.7 Å². The highest BCUT2D eigenvalue weighted by atomic mass is 16.5. The van der Waals surface area contributed by atoms with Crippen LogP contribution in [0.1, 0.15) is 27.9 Å². The first-order chi connectivity index (χ1) is 15.6. The van der Waals surface area contributed by atoms with E-state index >= 15 is 0 Å². The van der Waals surface area contributed by atoms with Crippen LogP contribution in [-0.4, -0.2) is 25.0 Å². The number of para-hydroxylation sites is 1. The Morgan fingerprint density at radius 1 is 0.875 bits per heavy atom. The Labute approximate surface area is 189 Å². The monoisotopic (exact) mass is 427 g/mol. The number of hydrogen-bond acceptors (Lipinski definition) is 4. The van der Waals surface area contributed by atoms with Gasteiger partial charge in [-0.3, -0.25) is 0 Å². The van der Waals surface area contributed by atoms with Crippen LogP contribution >= 0.6 is 0 Å². The van der Waals surface area contributed by atoms with E-state index in [-0.39, 0.29) is 0 Å². The lowest BCUT2D eigenvalue weighted by molar-refractivity contribution is 0.354. The fourth-order valence-corrected chi connectivity index (χ4v) is 3.94. The maximum Gasteiger partial charge on any atom is 0.161 e. The van der Waals surface area contributed by atoms with E-state index in [2.05, 4.69) is 77.5 Å². The van der Waals surface area contributed by atoms with Gasteiger partial charge in [0.2, 0.25) is 0 Å². The highest BCUT2D eigenvalue weighted by molar-refractivity contribution is 6.01. The summed E-state index contributed by atoms with van der Waals surface area (Å²) < 4.78 is 13.0. The third kappa shape index (κ3) is 4.47. The molecule has 1 aromatic heterocycles. The van der Waals surface area contributed by atoms with Crippen molar-refractivity contribution in [1.29, 1.82) is 0 Å². The summed E-state index contributed by atoms with van der Waals surface area (Å²) in [7, 11) is 3.28. The Morgan fingerprint density at radius 3 is 2.34 bits per heavy atom. The maximum absolute atomic E-state index is 5.38. The van der Waals surface area contributed by atoms with E-state index in [1.807, 2.05) is 24.4 Å². The number of nitrogens with one attached hydrogen (secondary N) is 1. The maximum atomic E-state index is 5.38. The number of aromatic nitrogens is 1. The van der Waals surface area contributed by atoms with E-state index in [4.69, 9.17) is 9.47 Å². The van der Waals surface area contributed by atoms with Crippen LogP contribution in [-0.2, 0) is 13.1 Å². The Morgan fingerprint density at radius 2 is 1.59 bits per heavy atom. The van der Waals surface area contributed by atoms with Gasteiger partial charge in [0.05, 0.1) is 27.0 Å². The molecule has 5 heteroatoms. The number of fused-ring (bicyclic) bond motifs is 1. The van der Waals surface area contributed by atoms with Gasteiger partial charge in [-0.25, -0.2) is 0 Å². The smallest absolute Gasteiger partial charge is 0.161 e. The van der Waals surface area contributed by atoms with E-state index in [1.54, 1.807) is 14.2 Å². The topological polar surface area (TPSA) is 47.8 Å². The second kappa shape index (κ2) is 9.60. The number of ether oxygens (including phenoxy) is 2. The van der Waals surface area contributed by atoms with Crippen LogP contribution in [0.4, 0.5) is 0 Å². The first-order valence-corrected chi connectivity index (χ1v) is 10.7. The molecule has 1 N–H and O–H groups in total. The molecular weight excluding hydrogens is 398 g/mol. The molecule has 164 valence electrons. The summed E-state index contributed by atoms with van der Waals surface area (Å²) in [6.45, 7) is 5.70. The number of nitrogens with zero attached hydrogens (tertiary/aromatic N) is 2. The van der Waals surface area contributed by atoms with Crippen LogP contribution in [0, 0.1) is 13.8 Å². The van der Waals surface area contributed by atoms with Gasteiger partial charge in [-0.2, -0.15) is 5.10 Å². The quantitative estimate of drug-likeness (QED) is 0.301. The number of benzene rings is 3. The zero-order valence-electron chi connectivity index (χ0n) is 19.1. The van der Waals surface area contributed by atoms with Crippen molar-refractivity contribution in [3.63, 3.8) is 0 Å². The molecule has 0 aliphatic heterocycles. The van der Waals surface area contributed by atoms with Gasteiger partial charge in [-0.15, -0.1) is 0 Å². The van der Waals surface area contributed by atoms with Crippen LogP contribution in [0.5, 0.6) is 11.5 Å². The van der Waals surface area contributed by atoms with Gasteiger partial charge in [-0.1, -0.05) is 54.1 Å². The summed E-state index contributed by atoms with van der Waals surface area (Å²) in [4.78, 5) is 0. The van der Waals surface area contributed by atoms with Gasteiger partial charge in [0.15, 0.2) is 11.5 Å². The number of methoxy groups -OCH3 is 2. The minimum Gasteiger partial charge on any atom is -0.493 e. The molecule has 0 bridgehead atoms. The average Bonchev–Trinajstić information content (AvgIpc) is 3.08. The lowest BCUT2D eigenvalue weighted by Crippen LogP contribution is -2.06. The lowest BCUT2D eigenvalue weighted by Gasteiger charge is -2.09. The van der Waals surface area contributed by atoms with Crippen molar-refractivity contribution in [2.24, 2.45) is 5.10 Å². The molecule has 32 heavy (non-hydrogen) atoms. The van der Waals surface area contributed by atoms with Crippen molar-refractivity contribution in [2.45, 2.75) is 26.9 Å². The van der Waals surface area contributed by atoms with Crippen LogP contribution in [0.25, 0.3) is 10.9 Å². The molecule has 3 aromatic carbocycles. The summed E-state index contributed by atoms with van der Waals surface area (Å²) >= 11 is 0. The zero-order valence-corrected chi connectivity index (χ0v) is 19.1. The average molecular weight is 428 g/mol. The molecule has 0 unspecified atom stereocenters. The van der Waals surface area contributed by atoms with E-state index in [9.17, 15) is 0 Å². The second-order valence-electron chi connectivity index (χ2n) is 7.87. The molecular formula is C27H29N3O2. The fourth-order valence-electron chi connectivity index (χ4n) is 3.94. The zero-order chi connectivity index (χ0) is 22.5. The Bertz CT molecular complexity index is 1240. The summed E-state index contributed by atoms with van der Waals surface area (Å²) in [6.07, 6.45) is 1.92. The van der Waals surface area contributed by atoms with Gasteiger partial charge in [0, 0.05) is 28.7 Å². The number of aryl methyl sites for hydroxylation is 1. The molecule has 0 aliphatic carbocycles. The minimum absolute atomic E-state index is 0.595. The lowest BCUT2D eigenvalue weighted by atomic mass is 10.1. The first kappa shape index (κ1) is 21.5. The summed E-state index contributed by atoms with van der Waals surface area (Å²) in [6, 6.07) is 23.1. The van der Waals surface area contributed by atoms with Gasteiger partial charge in [0.25, 0.3) is 0 Å². The predicted octanol–water partition coefficient (Wildman–Crippen LogP) is 5.45. The van der Waals surface area contributed by atoms with Crippen molar-refractivity contribution < 1.29 is 9.47 Å². The first-order valence-electron chi connectivity index (χ1n) is 10.7. The Hall–Kier alpha value is -3.73. The molecule has 4 aromatic rings. The summed E-state index contributed by atoms with van der Waals surface area (Å²) in [5, 5.41) is 5.72. The molecule has 5 nitrogen and oxygen atoms in total. The van der Waals surface area contributed by atoms with Crippen molar-refractivity contribution >= 4 is 17.1 Å². The molecule has 0 aliphatic rings. The standard InChI is InChI=1S/C27H29N3O2/c1-19-9-11-21(12-10-19)18-30-20(2)24(23-7-5-6-8-25(23)30)17-29-28-16-22-13-14-26(31-3)27(15-22)32-4/h5-15,17,28H,16,18H2,1-4H3/b29-17+. The molecule has 0 atom stereocenters. The summed E-state index contributed by atoms with van der Waals surface area (Å²) in [5.74, 6) is 1.43. The number of rotatable bonds is 8. The highest BCUT2D eigenvalue weighted by Crippen LogP contribution is 2.28. The molecule has 4 rings (SSSR count). The van der Waals surface area contributed by atoms with E-state index < -0.39 is 0 Å². The fraction of sp³-hybridized carbons (Fsp3) is 0.222. The SMILES string of the molecule is COc1ccc(CN/N=C/c2c(C)n(Cc3ccc(C)cc3)c3ccccc23)cc1OC. The largest absolute Gasteiger partial charge is 0.493 e. The van der Waals surface area contributed by atoms with Crippen molar-refractivity contribution in [3.8, 4) is 11.5 Å².